The minimum atomic E-state index is -0.489. The third kappa shape index (κ3) is 6.00. The van der Waals surface area contributed by atoms with Crippen LogP contribution in [0.2, 0.25) is 0 Å². The van der Waals surface area contributed by atoms with Crippen molar-refractivity contribution < 1.29 is 19.1 Å². The highest BCUT2D eigenvalue weighted by Crippen LogP contribution is 2.40. The van der Waals surface area contributed by atoms with E-state index in [9.17, 15) is 9.59 Å². The van der Waals surface area contributed by atoms with E-state index in [2.05, 4.69) is 53.7 Å². The minimum absolute atomic E-state index is 0.0697. The zero-order chi connectivity index (χ0) is 32.5. The summed E-state index contributed by atoms with van der Waals surface area (Å²) in [6, 6.07) is 16.5. The number of anilines is 1. The van der Waals surface area contributed by atoms with Crippen molar-refractivity contribution in [2.24, 2.45) is 5.92 Å². The lowest BCUT2D eigenvalue weighted by molar-refractivity contribution is -0.132. The van der Waals surface area contributed by atoms with Gasteiger partial charge in [-0.3, -0.25) is 4.79 Å². The Morgan fingerprint density at radius 3 is 2.57 bits per heavy atom. The van der Waals surface area contributed by atoms with E-state index in [1.807, 2.05) is 23.1 Å². The Kier molecular flexibility index (Phi) is 8.49. The summed E-state index contributed by atoms with van der Waals surface area (Å²) < 4.78 is 12.3. The van der Waals surface area contributed by atoms with Crippen LogP contribution in [0.4, 0.5) is 5.82 Å². The number of benzene rings is 1. The molecule has 0 radical (unpaired) electrons. The molecule has 0 saturated heterocycles. The first-order chi connectivity index (χ1) is 23.0. The normalized spacial score (nSPS) is 17.2. The molecule has 1 unspecified atom stereocenters. The summed E-state index contributed by atoms with van der Waals surface area (Å²) in [5, 5.41) is 8.15. The highest BCUT2D eigenvalue weighted by Gasteiger charge is 2.34. The van der Waals surface area contributed by atoms with E-state index < -0.39 is 5.97 Å². The first-order valence-corrected chi connectivity index (χ1v) is 16.6. The number of carbonyl (C=O) groups excluding carboxylic acids is 2. The zero-order valence-electron chi connectivity index (χ0n) is 27.2. The second-order valence-corrected chi connectivity index (χ2v) is 12.3. The highest BCUT2D eigenvalue weighted by molar-refractivity contribution is 5.92. The number of methoxy groups -OCH3 is 1. The number of hydrogen-bond donors (Lipinski definition) is 1. The minimum Gasteiger partial charge on any atom is -0.480 e. The maximum absolute atomic E-state index is 12.5. The predicted molar refractivity (Wildman–Crippen MR) is 180 cm³/mol. The maximum atomic E-state index is 12.5. The molecule has 0 bridgehead atoms. The fourth-order valence-electron chi connectivity index (χ4n) is 6.82. The Labute approximate surface area is 274 Å². The highest BCUT2D eigenvalue weighted by atomic mass is 16.5. The number of carbonyl (C=O) groups is 2. The lowest BCUT2D eigenvalue weighted by atomic mass is 9.96. The van der Waals surface area contributed by atoms with Gasteiger partial charge in [-0.05, 0) is 92.0 Å². The molecule has 4 aromatic rings. The number of aryl methyl sites for hydroxylation is 2. The van der Waals surface area contributed by atoms with E-state index in [4.69, 9.17) is 19.4 Å². The van der Waals surface area contributed by atoms with Crippen LogP contribution in [-0.4, -0.2) is 63.3 Å². The van der Waals surface area contributed by atoms with Gasteiger partial charge < -0.3 is 19.7 Å². The van der Waals surface area contributed by atoms with Gasteiger partial charge in [0, 0.05) is 24.6 Å². The maximum Gasteiger partial charge on any atom is 0.345 e. The fraction of sp³-hybridized carbons (Fsp3) is 0.378. The number of rotatable bonds is 10. The molecule has 3 aliphatic rings. The van der Waals surface area contributed by atoms with E-state index in [0.29, 0.717) is 18.3 Å². The Morgan fingerprint density at radius 2 is 1.83 bits per heavy atom. The summed E-state index contributed by atoms with van der Waals surface area (Å²) in [5.74, 6) is 1.76. The largest absolute Gasteiger partial charge is 0.480 e. The van der Waals surface area contributed by atoms with E-state index in [1.165, 1.54) is 40.3 Å². The third-order valence-corrected chi connectivity index (χ3v) is 9.31. The van der Waals surface area contributed by atoms with Gasteiger partial charge in [0.25, 0.3) is 0 Å². The Hall–Kier alpha value is -4.99. The molecule has 242 valence electrons. The number of ether oxygens (including phenoxy) is 2. The number of hydrogen-bond acceptors (Lipinski definition) is 8. The predicted octanol–water partition coefficient (Wildman–Crippen LogP) is 6.20. The second kappa shape index (κ2) is 13.0. The van der Waals surface area contributed by atoms with Crippen LogP contribution in [0.15, 0.2) is 60.8 Å². The molecule has 0 spiro atoms. The molecule has 7 rings (SSSR count). The van der Waals surface area contributed by atoms with Crippen molar-refractivity contribution in [2.75, 3.05) is 32.1 Å². The number of pyridine rings is 2. The van der Waals surface area contributed by atoms with Gasteiger partial charge in [-0.2, -0.15) is 9.78 Å². The van der Waals surface area contributed by atoms with Gasteiger partial charge in [0.2, 0.25) is 11.8 Å². The van der Waals surface area contributed by atoms with Gasteiger partial charge in [0.05, 0.1) is 37.3 Å². The van der Waals surface area contributed by atoms with Gasteiger partial charge in [-0.1, -0.05) is 37.3 Å². The SMILES string of the molecule is CCOC(=O)c1cnn(-c2cccc(-c3cccc4c3C(Nc3ccc(C5=CCN(C(=O)C6CC6)CC5)c(CC)n3)CC4)n2)c1OC. The Balaban J connectivity index is 1.14. The summed E-state index contributed by atoms with van der Waals surface area (Å²) in [7, 11) is 1.50. The standard InChI is InChI=1S/C37H40N6O4/c1-4-29-26(23-18-20-42(21-19-23)35(44)25-12-13-25)15-17-32(39-29)40-31-16-14-24-8-6-9-27(34(24)31)30-10-7-11-33(41-30)43-36(46-3)28(22-38-43)37(45)47-5-2/h6-11,15,17-18,22,25,31H,4-5,12-14,16,19-21H2,1-3H3,(H,39,40). The van der Waals surface area contributed by atoms with E-state index in [-0.39, 0.29) is 30.0 Å². The smallest absolute Gasteiger partial charge is 0.345 e. The topological polar surface area (TPSA) is 111 Å². The molecule has 10 heteroatoms. The molecular formula is C37H40N6O4. The van der Waals surface area contributed by atoms with Crippen molar-refractivity contribution in [1.29, 1.82) is 0 Å². The number of aromatic nitrogens is 4. The van der Waals surface area contributed by atoms with Crippen LogP contribution in [0.1, 0.15) is 78.3 Å². The van der Waals surface area contributed by atoms with Crippen molar-refractivity contribution in [2.45, 2.75) is 58.4 Å². The monoisotopic (exact) mass is 632 g/mol. The average molecular weight is 633 g/mol. The zero-order valence-corrected chi connectivity index (χ0v) is 27.2. The van der Waals surface area contributed by atoms with E-state index in [1.54, 1.807) is 6.92 Å². The van der Waals surface area contributed by atoms with Gasteiger partial charge in [-0.15, -0.1) is 0 Å². The summed E-state index contributed by atoms with van der Waals surface area (Å²) in [5.41, 5.74) is 8.14. The molecule has 10 nitrogen and oxygen atoms in total. The van der Waals surface area contributed by atoms with Crippen molar-refractivity contribution in [3.8, 4) is 23.0 Å². The molecule has 1 amide bonds. The third-order valence-electron chi connectivity index (χ3n) is 9.31. The Bertz CT molecular complexity index is 1860. The summed E-state index contributed by atoms with van der Waals surface area (Å²) in [4.78, 5) is 37.1. The van der Waals surface area contributed by atoms with Gasteiger partial charge >= 0.3 is 5.97 Å². The summed E-state index contributed by atoms with van der Waals surface area (Å²) in [6.45, 7) is 5.63. The molecule has 1 fully saturated rings. The van der Waals surface area contributed by atoms with Crippen LogP contribution in [0.25, 0.3) is 22.6 Å². The van der Waals surface area contributed by atoms with Gasteiger partial charge in [0.15, 0.2) is 5.82 Å². The van der Waals surface area contributed by atoms with E-state index >= 15 is 0 Å². The number of nitrogens with one attached hydrogen (secondary N) is 1. The molecular weight excluding hydrogens is 592 g/mol. The molecule has 3 aromatic heterocycles. The lowest BCUT2D eigenvalue weighted by Crippen LogP contribution is -2.35. The first kappa shape index (κ1) is 30.7. The Morgan fingerprint density at radius 1 is 0.979 bits per heavy atom. The van der Waals surface area contributed by atoms with Crippen molar-refractivity contribution in [1.82, 2.24) is 24.6 Å². The van der Waals surface area contributed by atoms with Crippen LogP contribution < -0.4 is 10.1 Å². The van der Waals surface area contributed by atoms with Crippen molar-refractivity contribution in [3.05, 3.63) is 88.8 Å². The van der Waals surface area contributed by atoms with Crippen LogP contribution in [-0.2, 0) is 22.4 Å². The summed E-state index contributed by atoms with van der Waals surface area (Å²) in [6.07, 6.45) is 9.33. The van der Waals surface area contributed by atoms with Crippen LogP contribution >= 0.6 is 0 Å². The molecule has 2 aliphatic carbocycles. The van der Waals surface area contributed by atoms with Crippen molar-refractivity contribution >= 4 is 23.3 Å². The lowest BCUT2D eigenvalue weighted by Gasteiger charge is -2.27. The molecule has 1 aliphatic heterocycles. The summed E-state index contributed by atoms with van der Waals surface area (Å²) >= 11 is 0. The average Bonchev–Trinajstić information content (AvgIpc) is 3.74. The number of nitrogens with zero attached hydrogens (tertiary/aromatic N) is 5. The molecule has 1 N–H and O–H groups in total. The second-order valence-electron chi connectivity index (χ2n) is 12.3. The van der Waals surface area contributed by atoms with Crippen LogP contribution in [0, 0.1) is 5.92 Å². The van der Waals surface area contributed by atoms with Crippen LogP contribution in [0.3, 0.4) is 0 Å². The number of fused-ring (bicyclic) bond motifs is 1. The van der Waals surface area contributed by atoms with E-state index in [0.717, 1.165) is 67.8 Å². The van der Waals surface area contributed by atoms with Crippen molar-refractivity contribution in [3.63, 3.8) is 0 Å². The van der Waals surface area contributed by atoms with Crippen LogP contribution in [0.5, 0.6) is 5.88 Å². The molecule has 47 heavy (non-hydrogen) atoms. The first-order valence-electron chi connectivity index (χ1n) is 16.6. The number of esters is 1. The van der Waals surface area contributed by atoms with Gasteiger partial charge in [-0.25, -0.2) is 14.8 Å². The van der Waals surface area contributed by atoms with Gasteiger partial charge in [0.1, 0.15) is 11.4 Å². The molecule has 1 aromatic carbocycles. The number of amides is 1. The fourth-order valence-corrected chi connectivity index (χ4v) is 6.82. The quantitative estimate of drug-likeness (QED) is 0.206. The molecule has 4 heterocycles. The molecule has 1 atom stereocenters. The molecule has 1 saturated carbocycles.